The van der Waals surface area contributed by atoms with Crippen LogP contribution in [-0.4, -0.2) is 77.6 Å². The van der Waals surface area contributed by atoms with E-state index in [1.165, 1.54) is 13.1 Å². The van der Waals surface area contributed by atoms with Crippen molar-refractivity contribution in [3.05, 3.63) is 32.6 Å². The molecule has 1 amide bonds. The molecule has 1 aliphatic heterocycles. The van der Waals surface area contributed by atoms with E-state index >= 15 is 0 Å². The van der Waals surface area contributed by atoms with Crippen LogP contribution in [0, 0.1) is 6.92 Å². The summed E-state index contributed by atoms with van der Waals surface area (Å²) in [7, 11) is 3.76. The number of aliphatic hydroxyl groups is 1. The first-order valence-corrected chi connectivity index (χ1v) is 8.22. The van der Waals surface area contributed by atoms with Crippen LogP contribution in [0.2, 0.25) is 0 Å². The molecule has 2 heterocycles. The number of nitrogens with zero attached hydrogens (tertiary/aromatic N) is 2. The predicted molar refractivity (Wildman–Crippen MR) is 93.0 cm³/mol. The number of aliphatic hydroxyl groups excluding tert-OH is 1. The number of H-pyrrole nitrogens is 1. The Kier molecular flexibility index (Phi) is 6.20. The van der Waals surface area contributed by atoms with Gasteiger partial charge in [0.2, 0.25) is 5.91 Å². The molecule has 4 atom stereocenters. The Labute approximate surface area is 152 Å². The van der Waals surface area contributed by atoms with Crippen LogP contribution in [0.4, 0.5) is 0 Å². The molecule has 0 aromatic carbocycles. The van der Waals surface area contributed by atoms with Crippen molar-refractivity contribution in [2.75, 3.05) is 33.8 Å². The number of rotatable bonds is 7. The zero-order valence-corrected chi connectivity index (χ0v) is 15.1. The van der Waals surface area contributed by atoms with Gasteiger partial charge >= 0.3 is 5.69 Å². The molecule has 0 bridgehead atoms. The molecule has 0 aliphatic carbocycles. The molecule has 1 fully saturated rings. The average Bonchev–Trinajstić information content (AvgIpc) is 2.91. The van der Waals surface area contributed by atoms with Crippen molar-refractivity contribution < 1.29 is 20.7 Å². The van der Waals surface area contributed by atoms with Crippen LogP contribution in [0.25, 0.3) is 0 Å². The zero-order chi connectivity index (χ0) is 20.1. The highest BCUT2D eigenvalue weighted by Crippen LogP contribution is 2.30. The van der Waals surface area contributed by atoms with E-state index in [2.05, 4.69) is 10.3 Å². The standard InChI is InChI=1S/C16H26N4O6/c1-9-7-20(16(24)18-14(9)23)15-13(12(22)10(2)26-15)25-8-11(21)17-5-6-19(3)4/h7,10,12-13,15,22H,5-6,8H2,1-4H3,(H,17,21)(H,18,23,24)/t10-,12-,13-,15-/m1/s1/i2D. The quantitative estimate of drug-likeness (QED) is 0.515. The number of aromatic amines is 1. The Bertz CT molecular complexity index is 764. The fourth-order valence-corrected chi connectivity index (χ4v) is 2.54. The van der Waals surface area contributed by atoms with Gasteiger partial charge in [-0.1, -0.05) is 0 Å². The molecular formula is C16H26N4O6. The number of aromatic nitrogens is 2. The van der Waals surface area contributed by atoms with E-state index in [1.54, 1.807) is 0 Å². The molecule has 2 rings (SSSR count). The summed E-state index contributed by atoms with van der Waals surface area (Å²) in [5, 5.41) is 13.0. The first-order valence-electron chi connectivity index (χ1n) is 8.93. The number of hydrogen-bond donors (Lipinski definition) is 3. The van der Waals surface area contributed by atoms with Crippen molar-refractivity contribution in [2.24, 2.45) is 0 Å². The van der Waals surface area contributed by atoms with E-state index in [-0.39, 0.29) is 25.0 Å². The summed E-state index contributed by atoms with van der Waals surface area (Å²) in [5.41, 5.74) is -0.968. The second-order valence-corrected chi connectivity index (χ2v) is 6.46. The number of likely N-dealkylation sites (N-methyl/N-ethyl adjacent to an activating group) is 1. The van der Waals surface area contributed by atoms with Crippen molar-refractivity contribution in [3.63, 3.8) is 0 Å². The van der Waals surface area contributed by atoms with Crippen LogP contribution in [0.3, 0.4) is 0 Å². The largest absolute Gasteiger partial charge is 0.388 e. The molecule has 1 aliphatic rings. The number of carbonyl (C=O) groups excluding carboxylic acids is 1. The minimum atomic E-state index is -1.19. The maximum absolute atomic E-state index is 12.1. The van der Waals surface area contributed by atoms with Gasteiger partial charge in [-0.05, 0) is 27.9 Å². The van der Waals surface area contributed by atoms with Crippen LogP contribution >= 0.6 is 0 Å². The number of amides is 1. The van der Waals surface area contributed by atoms with Crippen LogP contribution < -0.4 is 16.6 Å². The van der Waals surface area contributed by atoms with Gasteiger partial charge in [0.25, 0.3) is 5.56 Å². The van der Waals surface area contributed by atoms with Crippen molar-refractivity contribution in [3.8, 4) is 0 Å². The SMILES string of the molecule is [2H]C[C@H]1O[C@@H](n2cc(C)c(=O)[nH]c2=O)[C@H](OCC(=O)NCCN(C)C)[C@@H]1O. The molecule has 0 saturated carbocycles. The lowest BCUT2D eigenvalue weighted by molar-refractivity contribution is -0.133. The second-order valence-electron chi connectivity index (χ2n) is 6.46. The Hall–Kier alpha value is -2.01. The van der Waals surface area contributed by atoms with Gasteiger partial charge in [0.05, 0.1) is 6.10 Å². The number of carbonyl (C=O) groups is 1. The summed E-state index contributed by atoms with van der Waals surface area (Å²) in [4.78, 5) is 39.7. The van der Waals surface area contributed by atoms with Crippen LogP contribution in [0.15, 0.2) is 15.8 Å². The third-order valence-corrected chi connectivity index (χ3v) is 4.02. The first-order chi connectivity index (χ1) is 12.7. The molecule has 0 radical (unpaired) electrons. The highest BCUT2D eigenvalue weighted by Gasteiger charge is 2.44. The Balaban J connectivity index is 2.12. The molecule has 0 unspecified atom stereocenters. The normalized spacial score (nSPS) is 26.1. The number of nitrogens with one attached hydrogen (secondary N) is 2. The molecule has 0 spiro atoms. The van der Waals surface area contributed by atoms with Crippen LogP contribution in [0.5, 0.6) is 0 Å². The van der Waals surface area contributed by atoms with Crippen LogP contribution in [0.1, 0.15) is 20.1 Å². The van der Waals surface area contributed by atoms with E-state index in [9.17, 15) is 19.5 Å². The third kappa shape index (κ3) is 4.79. The van der Waals surface area contributed by atoms with E-state index < -0.39 is 35.8 Å². The molecule has 146 valence electrons. The minimum Gasteiger partial charge on any atom is -0.388 e. The Morgan fingerprint density at radius 3 is 2.92 bits per heavy atom. The summed E-state index contributed by atoms with van der Waals surface area (Å²) < 4.78 is 19.7. The minimum absolute atomic E-state index is 0.246. The van der Waals surface area contributed by atoms with Gasteiger partial charge in [-0.3, -0.25) is 19.1 Å². The summed E-state index contributed by atoms with van der Waals surface area (Å²) >= 11 is 0. The highest BCUT2D eigenvalue weighted by molar-refractivity contribution is 5.77. The number of ether oxygens (including phenoxy) is 2. The Morgan fingerprint density at radius 2 is 2.27 bits per heavy atom. The maximum atomic E-state index is 12.1. The lowest BCUT2D eigenvalue weighted by Crippen LogP contribution is -2.41. The van der Waals surface area contributed by atoms with Crippen LogP contribution in [-0.2, 0) is 14.3 Å². The smallest absolute Gasteiger partial charge is 0.330 e. The monoisotopic (exact) mass is 371 g/mol. The fraction of sp³-hybridized carbons (Fsp3) is 0.688. The summed E-state index contributed by atoms with van der Waals surface area (Å²) in [6, 6.07) is 0. The highest BCUT2D eigenvalue weighted by atomic mass is 16.6. The maximum Gasteiger partial charge on any atom is 0.330 e. The Morgan fingerprint density at radius 1 is 1.54 bits per heavy atom. The lowest BCUT2D eigenvalue weighted by atomic mass is 10.1. The number of aryl methyl sites for hydroxylation is 1. The summed E-state index contributed by atoms with van der Waals surface area (Å²) in [5.74, 6) is -0.373. The van der Waals surface area contributed by atoms with Gasteiger partial charge < -0.3 is 24.8 Å². The van der Waals surface area contributed by atoms with Gasteiger partial charge in [-0.25, -0.2) is 4.79 Å². The number of hydrogen-bond acceptors (Lipinski definition) is 7. The average molecular weight is 371 g/mol. The molecule has 1 aromatic heterocycles. The van der Waals surface area contributed by atoms with Gasteiger partial charge in [0, 0.05) is 26.2 Å². The molecule has 10 heteroatoms. The second kappa shape index (κ2) is 8.58. The van der Waals surface area contributed by atoms with E-state index in [4.69, 9.17) is 10.8 Å². The van der Waals surface area contributed by atoms with Crippen molar-refractivity contribution in [1.82, 2.24) is 19.8 Å². The van der Waals surface area contributed by atoms with Gasteiger partial charge in [0.15, 0.2) is 6.23 Å². The van der Waals surface area contributed by atoms with Gasteiger partial charge in [-0.15, -0.1) is 0 Å². The molecule has 10 nitrogen and oxygen atoms in total. The van der Waals surface area contributed by atoms with E-state index in [0.717, 1.165) is 4.57 Å². The third-order valence-electron chi connectivity index (χ3n) is 4.02. The lowest BCUT2D eigenvalue weighted by Gasteiger charge is -2.22. The molecule has 3 N–H and O–H groups in total. The van der Waals surface area contributed by atoms with Gasteiger partial charge in [0.1, 0.15) is 18.8 Å². The molecular weight excluding hydrogens is 344 g/mol. The molecule has 1 saturated heterocycles. The van der Waals surface area contributed by atoms with Crippen molar-refractivity contribution >= 4 is 5.91 Å². The molecule has 26 heavy (non-hydrogen) atoms. The van der Waals surface area contributed by atoms with Crippen molar-refractivity contribution in [2.45, 2.75) is 38.4 Å². The summed E-state index contributed by atoms with van der Waals surface area (Å²) in [6.07, 6.45) is -2.87. The molecule has 1 aromatic rings. The van der Waals surface area contributed by atoms with Gasteiger partial charge in [-0.2, -0.15) is 0 Å². The van der Waals surface area contributed by atoms with E-state index in [0.29, 0.717) is 13.1 Å². The van der Waals surface area contributed by atoms with E-state index in [1.807, 2.05) is 19.0 Å². The first kappa shape index (κ1) is 18.8. The fourth-order valence-electron chi connectivity index (χ4n) is 2.54. The zero-order valence-electron chi connectivity index (χ0n) is 16.1. The summed E-state index contributed by atoms with van der Waals surface area (Å²) in [6.45, 7) is 2.05. The van der Waals surface area contributed by atoms with Crippen molar-refractivity contribution in [1.29, 1.82) is 0 Å². The topological polar surface area (TPSA) is 126 Å². The predicted octanol–water partition coefficient (Wildman–Crippen LogP) is -1.81.